The first-order chi connectivity index (χ1) is 19.1. The van der Waals surface area contributed by atoms with Gasteiger partial charge >= 0.3 is 6.03 Å². The lowest BCUT2D eigenvalue weighted by Crippen LogP contribution is -2.45. The van der Waals surface area contributed by atoms with Crippen molar-refractivity contribution in [2.24, 2.45) is 0 Å². The highest BCUT2D eigenvalue weighted by atomic mass is 35.5. The van der Waals surface area contributed by atoms with E-state index < -0.39 is 6.03 Å². The SMILES string of the molecule is C=C/C(=C\C=C(/C)Nc1ncnc(N(C)C(=O)Nc2c(Cl)c(OC)c(Cl)c(OC)c2Cl)n1)N1CCN(CC)CC1. The molecule has 3 rings (SSSR count). The summed E-state index contributed by atoms with van der Waals surface area (Å²) in [6.45, 7) is 13.0. The predicted octanol–water partition coefficient (Wildman–Crippen LogP) is 5.54. The van der Waals surface area contributed by atoms with E-state index in [2.05, 4.69) is 48.9 Å². The molecule has 0 unspecified atom stereocenters. The molecule has 0 spiro atoms. The van der Waals surface area contributed by atoms with E-state index in [0.29, 0.717) is 0 Å². The van der Waals surface area contributed by atoms with Gasteiger partial charge in [-0.25, -0.2) is 14.8 Å². The number of nitrogens with zero attached hydrogens (tertiary/aromatic N) is 6. The summed E-state index contributed by atoms with van der Waals surface area (Å²) in [7, 11) is 4.26. The number of anilines is 3. The van der Waals surface area contributed by atoms with Gasteiger partial charge in [0.1, 0.15) is 21.4 Å². The molecule has 1 aromatic heterocycles. The van der Waals surface area contributed by atoms with Gasteiger partial charge in [-0.3, -0.25) is 4.90 Å². The van der Waals surface area contributed by atoms with Crippen LogP contribution in [0.15, 0.2) is 42.5 Å². The molecule has 1 saturated heterocycles. The monoisotopic (exact) mass is 610 g/mol. The Morgan fingerprint density at radius 3 is 2.23 bits per heavy atom. The summed E-state index contributed by atoms with van der Waals surface area (Å²) in [4.78, 5) is 31.6. The first-order valence-corrected chi connectivity index (χ1v) is 13.6. The van der Waals surface area contributed by atoms with Crippen molar-refractivity contribution < 1.29 is 14.3 Å². The van der Waals surface area contributed by atoms with Crippen molar-refractivity contribution >= 4 is 58.4 Å². The fourth-order valence-electron chi connectivity index (χ4n) is 3.93. The van der Waals surface area contributed by atoms with Gasteiger partial charge in [-0.15, -0.1) is 0 Å². The third kappa shape index (κ3) is 7.28. The maximum Gasteiger partial charge on any atom is 0.328 e. The maximum absolute atomic E-state index is 13.1. The predicted molar refractivity (Wildman–Crippen MR) is 161 cm³/mol. The van der Waals surface area contributed by atoms with E-state index in [1.807, 2.05) is 25.2 Å². The van der Waals surface area contributed by atoms with Gasteiger partial charge in [0.05, 0.1) is 19.9 Å². The van der Waals surface area contributed by atoms with Crippen molar-refractivity contribution in [2.45, 2.75) is 13.8 Å². The molecule has 14 heteroatoms. The number of ether oxygens (including phenoxy) is 2. The van der Waals surface area contributed by atoms with Crippen molar-refractivity contribution in [3.05, 3.63) is 57.6 Å². The van der Waals surface area contributed by atoms with Gasteiger partial charge in [0.25, 0.3) is 0 Å². The molecule has 0 radical (unpaired) electrons. The molecule has 2 aromatic rings. The van der Waals surface area contributed by atoms with E-state index in [-0.39, 0.29) is 44.2 Å². The minimum absolute atomic E-state index is 0.0120. The van der Waals surface area contributed by atoms with Crippen LogP contribution >= 0.6 is 34.8 Å². The number of carbonyl (C=O) groups excluding carboxylic acids is 1. The smallest absolute Gasteiger partial charge is 0.328 e. The summed E-state index contributed by atoms with van der Waals surface area (Å²) in [5, 5.41) is 5.87. The number of nitrogens with one attached hydrogen (secondary N) is 2. The van der Waals surface area contributed by atoms with E-state index in [0.717, 1.165) is 44.1 Å². The Hall–Kier alpha value is -3.25. The minimum atomic E-state index is -0.624. The number of allylic oxidation sites excluding steroid dienone is 4. The summed E-state index contributed by atoms with van der Waals surface area (Å²) < 4.78 is 10.5. The average molecular weight is 612 g/mol. The van der Waals surface area contributed by atoms with Crippen LogP contribution in [0.3, 0.4) is 0 Å². The molecule has 0 saturated carbocycles. The molecule has 1 aromatic carbocycles. The topological polar surface area (TPSA) is 108 Å². The summed E-state index contributed by atoms with van der Waals surface area (Å²) in [5.74, 6) is 0.551. The number of hydrogen-bond donors (Lipinski definition) is 2. The van der Waals surface area contributed by atoms with Crippen LogP contribution in [-0.4, -0.2) is 84.8 Å². The Kier molecular flexibility index (Phi) is 11.3. The molecular formula is C26H33Cl3N8O3. The summed E-state index contributed by atoms with van der Waals surface area (Å²) in [6, 6.07) is -0.624. The van der Waals surface area contributed by atoms with E-state index >= 15 is 0 Å². The van der Waals surface area contributed by atoms with E-state index in [1.165, 1.54) is 32.5 Å². The number of likely N-dealkylation sites (N-methyl/N-ethyl adjacent to an activating group) is 1. The summed E-state index contributed by atoms with van der Waals surface area (Å²) in [6.07, 6.45) is 7.08. The summed E-state index contributed by atoms with van der Waals surface area (Å²) >= 11 is 19.0. The average Bonchev–Trinajstić information content (AvgIpc) is 2.96. The zero-order valence-electron chi connectivity index (χ0n) is 23.1. The molecule has 2 N–H and O–H groups in total. The quantitative estimate of drug-likeness (QED) is 0.335. The molecule has 0 bridgehead atoms. The minimum Gasteiger partial charge on any atom is -0.493 e. The number of amides is 2. The lowest BCUT2D eigenvalue weighted by Gasteiger charge is -2.36. The van der Waals surface area contributed by atoms with E-state index in [4.69, 9.17) is 44.3 Å². The number of hydrogen-bond acceptors (Lipinski definition) is 9. The Balaban J connectivity index is 1.73. The first kappa shape index (κ1) is 31.3. The number of benzene rings is 1. The lowest BCUT2D eigenvalue weighted by molar-refractivity contribution is 0.168. The third-order valence-electron chi connectivity index (χ3n) is 6.25. The second-order valence-corrected chi connectivity index (χ2v) is 9.81. The number of piperazine rings is 1. The van der Waals surface area contributed by atoms with Crippen molar-refractivity contribution in [3.63, 3.8) is 0 Å². The molecule has 1 aliphatic heterocycles. The highest BCUT2D eigenvalue weighted by Crippen LogP contribution is 2.50. The van der Waals surface area contributed by atoms with Gasteiger partial charge in [0.2, 0.25) is 11.9 Å². The molecule has 0 aliphatic carbocycles. The van der Waals surface area contributed by atoms with Crippen molar-refractivity contribution in [3.8, 4) is 11.5 Å². The molecule has 2 amide bonds. The van der Waals surface area contributed by atoms with E-state index in [1.54, 1.807) is 0 Å². The van der Waals surface area contributed by atoms with E-state index in [9.17, 15) is 4.79 Å². The molecule has 11 nitrogen and oxygen atoms in total. The van der Waals surface area contributed by atoms with Gasteiger partial charge in [-0.2, -0.15) is 4.98 Å². The molecule has 40 heavy (non-hydrogen) atoms. The highest BCUT2D eigenvalue weighted by Gasteiger charge is 2.26. The maximum atomic E-state index is 13.1. The largest absolute Gasteiger partial charge is 0.493 e. The van der Waals surface area contributed by atoms with Crippen molar-refractivity contribution in [2.75, 3.05) is 69.5 Å². The van der Waals surface area contributed by atoms with Gasteiger partial charge in [0.15, 0.2) is 11.5 Å². The Morgan fingerprint density at radius 1 is 1.05 bits per heavy atom. The number of methoxy groups -OCH3 is 2. The molecule has 216 valence electrons. The van der Waals surface area contributed by atoms with Gasteiger partial charge in [-0.1, -0.05) is 48.3 Å². The Morgan fingerprint density at radius 2 is 1.68 bits per heavy atom. The Labute approximate surface area is 249 Å². The number of urea groups is 1. The standard InChI is InChI=1S/C26H33Cl3N8O3/c1-7-17(37-13-11-36(8-2)12-14-37)10-9-16(3)32-24-30-15-31-25(34-24)35(4)26(38)33-21-18(27)22(39-5)20(29)23(40-6)19(21)28/h7,9-10,15H,1,8,11-14H2,2-6H3,(H,33,38)(H,30,31,32,34)/b16-9+,17-10+. The molecule has 1 fully saturated rings. The van der Waals surface area contributed by atoms with Crippen LogP contribution in [-0.2, 0) is 0 Å². The number of aromatic nitrogens is 3. The number of rotatable bonds is 10. The second-order valence-electron chi connectivity index (χ2n) is 8.67. The van der Waals surface area contributed by atoms with Crippen molar-refractivity contribution in [1.82, 2.24) is 24.8 Å². The third-order valence-corrected chi connectivity index (χ3v) is 7.31. The van der Waals surface area contributed by atoms with Crippen molar-refractivity contribution in [1.29, 1.82) is 0 Å². The Bertz CT molecular complexity index is 1270. The fourth-order valence-corrected chi connectivity index (χ4v) is 5.05. The lowest BCUT2D eigenvalue weighted by atomic mass is 10.2. The van der Waals surface area contributed by atoms with Gasteiger partial charge in [0, 0.05) is 44.6 Å². The fraction of sp³-hybridized carbons (Fsp3) is 0.385. The van der Waals surface area contributed by atoms with Crippen LogP contribution in [0.5, 0.6) is 11.5 Å². The molecule has 0 atom stereocenters. The van der Waals surface area contributed by atoms with Crippen LogP contribution in [0.4, 0.5) is 22.4 Å². The summed E-state index contributed by atoms with van der Waals surface area (Å²) in [5.41, 5.74) is 1.89. The van der Waals surface area contributed by atoms with Gasteiger partial charge < -0.3 is 29.9 Å². The molecular weight excluding hydrogens is 579 g/mol. The number of halogens is 3. The number of carbonyl (C=O) groups is 1. The second kappa shape index (κ2) is 14.4. The van der Waals surface area contributed by atoms with Crippen LogP contribution in [0, 0.1) is 0 Å². The van der Waals surface area contributed by atoms with Crippen LogP contribution in [0.1, 0.15) is 13.8 Å². The zero-order chi connectivity index (χ0) is 29.4. The normalized spacial score (nSPS) is 14.6. The molecule has 2 heterocycles. The first-order valence-electron chi connectivity index (χ1n) is 12.4. The highest BCUT2D eigenvalue weighted by molar-refractivity contribution is 6.45. The van der Waals surface area contributed by atoms with Crippen LogP contribution < -0.4 is 25.0 Å². The van der Waals surface area contributed by atoms with Crippen LogP contribution in [0.25, 0.3) is 0 Å². The van der Waals surface area contributed by atoms with Gasteiger partial charge in [-0.05, 0) is 31.7 Å². The molecule has 1 aliphatic rings. The van der Waals surface area contributed by atoms with Crippen LogP contribution in [0.2, 0.25) is 15.1 Å². The zero-order valence-corrected chi connectivity index (χ0v) is 25.4.